The Kier molecular flexibility index (Phi) is 6.79. The lowest BCUT2D eigenvalue weighted by Crippen LogP contribution is -2.58. The largest absolute Gasteiger partial charge is 0.465 e. The summed E-state index contributed by atoms with van der Waals surface area (Å²) in [6, 6.07) is 22.2. The Hall–Kier alpha value is -3.68. The van der Waals surface area contributed by atoms with Crippen molar-refractivity contribution in [3.8, 4) is 0 Å². The van der Waals surface area contributed by atoms with Gasteiger partial charge >= 0.3 is 5.97 Å². The maximum Gasteiger partial charge on any atom is 0.337 e. The highest BCUT2D eigenvalue weighted by atomic mass is 16.5. The first kappa shape index (κ1) is 23.1. The van der Waals surface area contributed by atoms with Crippen LogP contribution in [0.25, 0.3) is 10.8 Å². The fourth-order valence-electron chi connectivity index (χ4n) is 4.80. The number of likely N-dealkylation sites (tertiary alicyclic amines) is 1. The van der Waals surface area contributed by atoms with Crippen molar-refractivity contribution in [3.05, 3.63) is 90.3 Å². The normalized spacial score (nSPS) is 19.1. The van der Waals surface area contributed by atoms with Crippen LogP contribution in [0.1, 0.15) is 28.8 Å². The van der Waals surface area contributed by atoms with Crippen LogP contribution < -0.4 is 15.5 Å². The molecule has 1 fully saturated rings. The van der Waals surface area contributed by atoms with Gasteiger partial charge in [0.2, 0.25) is 0 Å². The summed E-state index contributed by atoms with van der Waals surface area (Å²) in [5, 5.41) is 9.20. The molecule has 35 heavy (non-hydrogen) atoms. The number of nitrogens with zero attached hydrogens (tertiary/aromatic N) is 2. The number of hydrogen-bond acceptors (Lipinski definition) is 6. The zero-order chi connectivity index (χ0) is 24.2. The first-order chi connectivity index (χ1) is 17.1. The molecule has 5 rings (SSSR count). The molecule has 1 saturated heterocycles. The van der Waals surface area contributed by atoms with Crippen LogP contribution in [0.5, 0.6) is 0 Å². The van der Waals surface area contributed by atoms with Gasteiger partial charge in [-0.1, -0.05) is 36.4 Å². The Balaban J connectivity index is 1.15. The minimum Gasteiger partial charge on any atom is -0.465 e. The van der Waals surface area contributed by atoms with Crippen LogP contribution >= 0.6 is 0 Å². The SMILES string of the molecule is COC(=O)c1ccc(N2C=CNC(NC3CCN(Cc4ccc5ccccc5c4)CC3)C2=O)cc1. The highest BCUT2D eigenvalue weighted by molar-refractivity contribution is 6.00. The molecule has 7 nitrogen and oxygen atoms in total. The average Bonchev–Trinajstić information content (AvgIpc) is 2.90. The van der Waals surface area contributed by atoms with Gasteiger partial charge in [0.1, 0.15) is 0 Å². The van der Waals surface area contributed by atoms with Gasteiger partial charge in [-0.3, -0.25) is 19.9 Å². The highest BCUT2D eigenvalue weighted by Gasteiger charge is 2.30. The zero-order valence-corrected chi connectivity index (χ0v) is 19.8. The Morgan fingerprint density at radius 3 is 2.51 bits per heavy atom. The molecule has 2 heterocycles. The molecule has 0 spiro atoms. The molecular weight excluding hydrogens is 440 g/mol. The van der Waals surface area contributed by atoms with Gasteiger partial charge < -0.3 is 10.1 Å². The number of nitrogens with one attached hydrogen (secondary N) is 2. The molecule has 1 amide bonds. The number of benzene rings is 3. The summed E-state index contributed by atoms with van der Waals surface area (Å²) >= 11 is 0. The molecule has 7 heteroatoms. The summed E-state index contributed by atoms with van der Waals surface area (Å²) in [6.07, 6.45) is 4.96. The van der Waals surface area contributed by atoms with Crippen molar-refractivity contribution >= 4 is 28.3 Å². The van der Waals surface area contributed by atoms with Gasteiger partial charge in [0.05, 0.1) is 12.7 Å². The lowest BCUT2D eigenvalue weighted by molar-refractivity contribution is -0.121. The number of methoxy groups -OCH3 is 1. The summed E-state index contributed by atoms with van der Waals surface area (Å²) in [5.74, 6) is -0.470. The summed E-state index contributed by atoms with van der Waals surface area (Å²) in [5.41, 5.74) is 2.49. The number of carbonyl (C=O) groups is 2. The number of ether oxygens (including phenoxy) is 1. The number of amides is 1. The third-order valence-corrected chi connectivity index (χ3v) is 6.75. The predicted octanol–water partition coefficient (Wildman–Crippen LogP) is 3.61. The standard InChI is InChI=1S/C28H30N4O3/c1-35-28(34)22-8-10-25(11-9-22)32-17-14-29-26(27(32)33)30-24-12-15-31(16-13-24)19-20-6-7-21-4-2-3-5-23(21)18-20/h2-11,14,17-18,24,26,29-30H,12-13,15-16,19H2,1H3. The molecule has 2 aliphatic rings. The van der Waals surface area contributed by atoms with Gasteiger partial charge in [0, 0.05) is 30.7 Å². The van der Waals surface area contributed by atoms with Gasteiger partial charge in [-0.15, -0.1) is 0 Å². The molecule has 1 unspecified atom stereocenters. The monoisotopic (exact) mass is 470 g/mol. The second-order valence-corrected chi connectivity index (χ2v) is 9.06. The number of esters is 1. The van der Waals surface area contributed by atoms with Gasteiger partial charge in [0.25, 0.3) is 5.91 Å². The number of piperidine rings is 1. The summed E-state index contributed by atoms with van der Waals surface area (Å²) in [6.45, 7) is 2.91. The average molecular weight is 471 g/mol. The van der Waals surface area contributed by atoms with E-state index in [9.17, 15) is 9.59 Å². The molecule has 1 atom stereocenters. The molecule has 0 aromatic heterocycles. The van der Waals surface area contributed by atoms with E-state index >= 15 is 0 Å². The van der Waals surface area contributed by atoms with E-state index in [0.29, 0.717) is 11.3 Å². The van der Waals surface area contributed by atoms with Gasteiger partial charge in [0.15, 0.2) is 6.17 Å². The molecule has 0 aliphatic carbocycles. The smallest absolute Gasteiger partial charge is 0.337 e. The Morgan fingerprint density at radius 2 is 1.77 bits per heavy atom. The molecule has 0 bridgehead atoms. The van der Waals surface area contributed by atoms with Crippen molar-refractivity contribution in [2.45, 2.75) is 31.6 Å². The number of fused-ring (bicyclic) bond motifs is 1. The number of anilines is 1. The van der Waals surface area contributed by atoms with E-state index in [2.05, 4.69) is 58.0 Å². The topological polar surface area (TPSA) is 73.9 Å². The minimum absolute atomic E-state index is 0.0723. The van der Waals surface area contributed by atoms with E-state index in [0.717, 1.165) is 32.5 Å². The number of hydrogen-bond donors (Lipinski definition) is 2. The maximum absolute atomic E-state index is 13.1. The molecule has 3 aromatic rings. The van der Waals surface area contributed by atoms with E-state index in [1.165, 1.54) is 23.4 Å². The first-order valence-electron chi connectivity index (χ1n) is 12.0. The van der Waals surface area contributed by atoms with Crippen molar-refractivity contribution < 1.29 is 14.3 Å². The summed E-state index contributed by atoms with van der Waals surface area (Å²) < 4.78 is 4.75. The third-order valence-electron chi connectivity index (χ3n) is 6.75. The number of carbonyl (C=O) groups excluding carboxylic acids is 2. The minimum atomic E-state index is -0.489. The van der Waals surface area contributed by atoms with E-state index < -0.39 is 12.1 Å². The van der Waals surface area contributed by atoms with Crippen molar-refractivity contribution in [2.24, 2.45) is 0 Å². The van der Waals surface area contributed by atoms with Crippen LogP contribution in [-0.4, -0.2) is 49.2 Å². The fraction of sp³-hybridized carbons (Fsp3) is 0.286. The van der Waals surface area contributed by atoms with Crippen LogP contribution in [0, 0.1) is 0 Å². The second-order valence-electron chi connectivity index (χ2n) is 9.06. The quantitative estimate of drug-likeness (QED) is 0.536. The molecule has 2 N–H and O–H groups in total. The van der Waals surface area contributed by atoms with E-state index in [1.807, 2.05) is 0 Å². The van der Waals surface area contributed by atoms with E-state index in [4.69, 9.17) is 4.74 Å². The molecular formula is C28H30N4O3. The van der Waals surface area contributed by atoms with Crippen LogP contribution in [0.4, 0.5) is 5.69 Å². The van der Waals surface area contributed by atoms with E-state index in [1.54, 1.807) is 41.6 Å². The van der Waals surface area contributed by atoms with Crippen LogP contribution in [0.3, 0.4) is 0 Å². The Morgan fingerprint density at radius 1 is 1.03 bits per heavy atom. The second kappa shape index (κ2) is 10.3. The molecule has 180 valence electrons. The van der Waals surface area contributed by atoms with Crippen LogP contribution in [0.2, 0.25) is 0 Å². The summed E-state index contributed by atoms with van der Waals surface area (Å²) in [4.78, 5) is 28.9. The highest BCUT2D eigenvalue weighted by Crippen LogP contribution is 2.21. The molecule has 0 radical (unpaired) electrons. The summed E-state index contributed by atoms with van der Waals surface area (Å²) in [7, 11) is 1.35. The molecule has 0 saturated carbocycles. The van der Waals surface area contributed by atoms with Crippen LogP contribution in [-0.2, 0) is 16.1 Å². The van der Waals surface area contributed by atoms with Crippen molar-refractivity contribution in [1.82, 2.24) is 15.5 Å². The zero-order valence-electron chi connectivity index (χ0n) is 19.8. The maximum atomic E-state index is 13.1. The van der Waals surface area contributed by atoms with Crippen LogP contribution in [0.15, 0.2) is 79.1 Å². The molecule has 3 aromatic carbocycles. The molecule has 2 aliphatic heterocycles. The van der Waals surface area contributed by atoms with Crippen molar-refractivity contribution in [3.63, 3.8) is 0 Å². The fourth-order valence-corrected chi connectivity index (χ4v) is 4.80. The van der Waals surface area contributed by atoms with Gasteiger partial charge in [-0.2, -0.15) is 0 Å². The van der Waals surface area contributed by atoms with E-state index in [-0.39, 0.29) is 11.9 Å². The van der Waals surface area contributed by atoms with Crippen molar-refractivity contribution in [2.75, 3.05) is 25.1 Å². The lowest BCUT2D eigenvalue weighted by Gasteiger charge is -2.36. The van der Waals surface area contributed by atoms with Crippen molar-refractivity contribution in [1.29, 1.82) is 0 Å². The number of rotatable bonds is 6. The Labute approximate surface area is 205 Å². The lowest BCUT2D eigenvalue weighted by atomic mass is 10.0. The first-order valence-corrected chi connectivity index (χ1v) is 12.0. The third kappa shape index (κ3) is 5.21. The van der Waals surface area contributed by atoms with Gasteiger partial charge in [-0.05, 0) is 72.6 Å². The Bertz CT molecular complexity index is 1230. The van der Waals surface area contributed by atoms with Gasteiger partial charge in [-0.25, -0.2) is 4.79 Å². The predicted molar refractivity (Wildman–Crippen MR) is 137 cm³/mol.